The molecule has 0 aliphatic heterocycles. The van der Waals surface area contributed by atoms with E-state index in [1.165, 1.54) is 10.5 Å². The van der Waals surface area contributed by atoms with Crippen molar-refractivity contribution in [2.75, 3.05) is 5.32 Å². The van der Waals surface area contributed by atoms with Crippen LogP contribution in [0.15, 0.2) is 83.3 Å². The average molecular weight is 457 g/mol. The number of amides is 1. The number of nitrogens with one attached hydrogen (secondary N) is 1. The van der Waals surface area contributed by atoms with E-state index in [2.05, 4.69) is 10.3 Å². The lowest BCUT2D eigenvalue weighted by molar-refractivity contribution is -0.112. The topological polar surface area (TPSA) is 96.5 Å². The van der Waals surface area contributed by atoms with Crippen LogP contribution in [0.3, 0.4) is 0 Å². The number of para-hydroxylation sites is 1. The van der Waals surface area contributed by atoms with E-state index in [1.54, 1.807) is 60.8 Å². The summed E-state index contributed by atoms with van der Waals surface area (Å²) in [5, 5.41) is 12.8. The standard InChI is InChI=1S/C25H17ClN4O3/c1-16-6-5-13-30-22(16)29-24(33-20-7-3-2-4-8-20)21(25(30)32)14-17(15-27)23(31)28-19-11-9-18(26)10-12-19/h2-14H,1H3,(H,28,31)/b17-14-. The van der Waals surface area contributed by atoms with Gasteiger partial charge in [-0.25, -0.2) is 0 Å². The summed E-state index contributed by atoms with van der Waals surface area (Å²) >= 11 is 5.87. The molecule has 0 radical (unpaired) electrons. The molecule has 33 heavy (non-hydrogen) atoms. The van der Waals surface area contributed by atoms with E-state index in [9.17, 15) is 14.9 Å². The molecule has 162 valence electrons. The van der Waals surface area contributed by atoms with Crippen LogP contribution in [0.5, 0.6) is 11.6 Å². The number of aryl methyl sites for hydroxylation is 1. The molecule has 2 aromatic carbocycles. The Hall–Kier alpha value is -4.41. The van der Waals surface area contributed by atoms with Crippen molar-refractivity contribution in [1.29, 1.82) is 5.26 Å². The second kappa shape index (κ2) is 9.39. The van der Waals surface area contributed by atoms with Gasteiger partial charge in [-0.15, -0.1) is 0 Å². The minimum Gasteiger partial charge on any atom is -0.438 e. The number of halogens is 1. The number of benzene rings is 2. The number of rotatable bonds is 5. The van der Waals surface area contributed by atoms with E-state index in [4.69, 9.17) is 16.3 Å². The SMILES string of the molecule is Cc1cccn2c(=O)c(/C=C(/C#N)C(=O)Nc3ccc(Cl)cc3)c(Oc3ccccc3)nc12. The molecule has 0 spiro atoms. The molecule has 4 rings (SSSR count). The van der Waals surface area contributed by atoms with Crippen LogP contribution >= 0.6 is 11.6 Å². The van der Waals surface area contributed by atoms with Gasteiger partial charge in [0.25, 0.3) is 11.5 Å². The van der Waals surface area contributed by atoms with Crippen LogP contribution in [0.2, 0.25) is 5.02 Å². The molecule has 0 unspecified atom stereocenters. The summed E-state index contributed by atoms with van der Waals surface area (Å²) < 4.78 is 7.24. The molecule has 0 saturated heterocycles. The normalized spacial score (nSPS) is 11.1. The fourth-order valence-electron chi connectivity index (χ4n) is 3.12. The fraction of sp³-hybridized carbons (Fsp3) is 0.0400. The summed E-state index contributed by atoms with van der Waals surface area (Å²) in [6, 6.07) is 20.7. The quantitative estimate of drug-likeness (QED) is 0.337. The van der Waals surface area contributed by atoms with Crippen LogP contribution in [0, 0.1) is 18.3 Å². The summed E-state index contributed by atoms with van der Waals surface area (Å²) in [6.07, 6.45) is 2.76. The number of nitriles is 1. The second-order valence-corrected chi connectivity index (χ2v) is 7.50. The highest BCUT2D eigenvalue weighted by Crippen LogP contribution is 2.25. The smallest absolute Gasteiger partial charge is 0.269 e. The Morgan fingerprint density at radius 2 is 1.85 bits per heavy atom. The van der Waals surface area contributed by atoms with Gasteiger partial charge in [0.15, 0.2) is 0 Å². The molecule has 0 aliphatic carbocycles. The average Bonchev–Trinajstić information content (AvgIpc) is 2.82. The lowest BCUT2D eigenvalue weighted by atomic mass is 10.1. The maximum Gasteiger partial charge on any atom is 0.269 e. The number of carbonyl (C=O) groups is 1. The summed E-state index contributed by atoms with van der Waals surface area (Å²) in [4.78, 5) is 30.5. The highest BCUT2D eigenvalue weighted by atomic mass is 35.5. The molecule has 0 bridgehead atoms. The van der Waals surface area contributed by atoms with Crippen molar-refractivity contribution in [1.82, 2.24) is 9.38 Å². The molecular formula is C25H17ClN4O3. The summed E-state index contributed by atoms with van der Waals surface area (Å²) in [6.45, 7) is 1.82. The highest BCUT2D eigenvalue weighted by Gasteiger charge is 2.18. The zero-order chi connectivity index (χ0) is 23.4. The minimum atomic E-state index is -0.681. The van der Waals surface area contributed by atoms with Crippen molar-refractivity contribution in [3.63, 3.8) is 0 Å². The van der Waals surface area contributed by atoms with Gasteiger partial charge in [0.05, 0.1) is 0 Å². The lowest BCUT2D eigenvalue weighted by Crippen LogP contribution is -2.20. The maximum atomic E-state index is 13.3. The predicted octanol–water partition coefficient (Wildman–Crippen LogP) is 4.99. The number of carbonyl (C=O) groups excluding carboxylic acids is 1. The van der Waals surface area contributed by atoms with Crippen molar-refractivity contribution in [2.24, 2.45) is 0 Å². The van der Waals surface area contributed by atoms with Crippen molar-refractivity contribution in [3.05, 3.63) is 105 Å². The van der Waals surface area contributed by atoms with E-state index in [-0.39, 0.29) is 17.0 Å². The Bertz CT molecular complexity index is 1470. The molecule has 0 saturated carbocycles. The van der Waals surface area contributed by atoms with Gasteiger partial charge < -0.3 is 10.1 Å². The first-order chi connectivity index (χ1) is 16.0. The number of nitrogens with zero attached hydrogens (tertiary/aromatic N) is 3. The van der Waals surface area contributed by atoms with Crippen LogP contribution in [0.4, 0.5) is 5.69 Å². The summed E-state index contributed by atoms with van der Waals surface area (Å²) in [5.41, 5.74) is 0.856. The van der Waals surface area contributed by atoms with Crippen molar-refractivity contribution in [2.45, 2.75) is 6.92 Å². The van der Waals surface area contributed by atoms with E-state index >= 15 is 0 Å². The minimum absolute atomic E-state index is 0.00690. The molecule has 2 heterocycles. The number of aromatic nitrogens is 2. The predicted molar refractivity (Wildman–Crippen MR) is 126 cm³/mol. The van der Waals surface area contributed by atoms with Crippen molar-refractivity contribution < 1.29 is 9.53 Å². The zero-order valence-electron chi connectivity index (χ0n) is 17.4. The zero-order valence-corrected chi connectivity index (χ0v) is 18.2. The Morgan fingerprint density at radius 1 is 1.12 bits per heavy atom. The second-order valence-electron chi connectivity index (χ2n) is 7.07. The number of pyridine rings is 1. The first-order valence-electron chi connectivity index (χ1n) is 9.90. The number of hydrogen-bond acceptors (Lipinski definition) is 5. The van der Waals surface area contributed by atoms with E-state index < -0.39 is 11.5 Å². The fourth-order valence-corrected chi connectivity index (χ4v) is 3.24. The Balaban J connectivity index is 1.82. The number of anilines is 1. The molecule has 0 fully saturated rings. The third-order valence-electron chi connectivity index (χ3n) is 4.76. The van der Waals surface area contributed by atoms with Crippen molar-refractivity contribution in [3.8, 4) is 17.7 Å². The third kappa shape index (κ3) is 4.76. The number of ether oxygens (including phenoxy) is 1. The monoisotopic (exact) mass is 456 g/mol. The number of fused-ring (bicyclic) bond motifs is 1. The molecular weight excluding hydrogens is 440 g/mol. The molecule has 0 aliphatic rings. The van der Waals surface area contributed by atoms with E-state index in [0.717, 1.165) is 5.56 Å². The summed E-state index contributed by atoms with van der Waals surface area (Å²) in [7, 11) is 0. The molecule has 1 amide bonds. The molecule has 8 heteroatoms. The van der Waals surface area contributed by atoms with Gasteiger partial charge in [0.1, 0.15) is 28.6 Å². The van der Waals surface area contributed by atoms with Gasteiger partial charge in [0, 0.05) is 16.9 Å². The Labute approximate surface area is 194 Å². The molecule has 1 N–H and O–H groups in total. The van der Waals surface area contributed by atoms with Gasteiger partial charge in [-0.1, -0.05) is 35.9 Å². The van der Waals surface area contributed by atoms with Gasteiger partial charge in [0.2, 0.25) is 5.88 Å². The van der Waals surface area contributed by atoms with Crippen molar-refractivity contribution >= 4 is 34.9 Å². The molecule has 0 atom stereocenters. The van der Waals surface area contributed by atoms with Crippen LogP contribution in [-0.4, -0.2) is 15.3 Å². The van der Waals surface area contributed by atoms with Gasteiger partial charge in [-0.3, -0.25) is 14.0 Å². The first kappa shape index (κ1) is 21.8. The molecule has 2 aromatic heterocycles. The lowest BCUT2D eigenvalue weighted by Gasteiger charge is -2.11. The summed E-state index contributed by atoms with van der Waals surface area (Å²) in [5.74, 6) is -0.229. The van der Waals surface area contributed by atoms with E-state index in [0.29, 0.717) is 22.1 Å². The van der Waals surface area contributed by atoms with Gasteiger partial charge >= 0.3 is 0 Å². The largest absolute Gasteiger partial charge is 0.438 e. The maximum absolute atomic E-state index is 13.3. The third-order valence-corrected chi connectivity index (χ3v) is 5.01. The van der Waals surface area contributed by atoms with Crippen LogP contribution in [-0.2, 0) is 4.79 Å². The Kier molecular flexibility index (Phi) is 6.20. The first-order valence-corrected chi connectivity index (χ1v) is 10.3. The van der Waals surface area contributed by atoms with Gasteiger partial charge in [-0.05, 0) is 61.0 Å². The molecule has 7 nitrogen and oxygen atoms in total. The Morgan fingerprint density at radius 3 is 2.55 bits per heavy atom. The molecule has 4 aromatic rings. The van der Waals surface area contributed by atoms with Crippen LogP contribution in [0.25, 0.3) is 11.7 Å². The van der Waals surface area contributed by atoms with Crippen LogP contribution < -0.4 is 15.6 Å². The van der Waals surface area contributed by atoms with E-state index in [1.807, 2.05) is 25.1 Å². The highest BCUT2D eigenvalue weighted by molar-refractivity contribution is 6.30. The number of hydrogen-bond donors (Lipinski definition) is 1. The van der Waals surface area contributed by atoms with Crippen LogP contribution in [0.1, 0.15) is 11.1 Å². The van der Waals surface area contributed by atoms with Gasteiger partial charge in [-0.2, -0.15) is 10.2 Å².